The van der Waals surface area contributed by atoms with Gasteiger partial charge in [0.25, 0.3) is 0 Å². The minimum Gasteiger partial charge on any atom is -0.326 e. The van der Waals surface area contributed by atoms with E-state index in [4.69, 9.17) is 11.6 Å². The summed E-state index contributed by atoms with van der Waals surface area (Å²) in [6, 6.07) is 5.60. The lowest BCUT2D eigenvalue weighted by Crippen LogP contribution is -2.21. The van der Waals surface area contributed by atoms with Crippen LogP contribution in [0.1, 0.15) is 25.3 Å². The summed E-state index contributed by atoms with van der Waals surface area (Å²) in [4.78, 5) is 11.8. The highest BCUT2D eigenvalue weighted by Crippen LogP contribution is 2.37. The van der Waals surface area contributed by atoms with Gasteiger partial charge in [0.05, 0.1) is 0 Å². The lowest BCUT2D eigenvalue weighted by Gasteiger charge is -2.11. The minimum absolute atomic E-state index is 0.0995. The fourth-order valence-electron chi connectivity index (χ4n) is 1.74. The molecule has 1 aromatic rings. The van der Waals surface area contributed by atoms with Crippen molar-refractivity contribution in [2.24, 2.45) is 11.8 Å². The van der Waals surface area contributed by atoms with Gasteiger partial charge in [-0.05, 0) is 43.4 Å². The molecule has 0 aromatic heterocycles. The number of benzene rings is 1. The average molecular weight is 238 g/mol. The number of aryl methyl sites for hydroxylation is 1. The Balaban J connectivity index is 2.02. The molecule has 0 spiro atoms. The van der Waals surface area contributed by atoms with Crippen molar-refractivity contribution in [1.82, 2.24) is 0 Å². The summed E-state index contributed by atoms with van der Waals surface area (Å²) in [6.45, 7) is 3.93. The Morgan fingerprint density at radius 2 is 2.19 bits per heavy atom. The van der Waals surface area contributed by atoms with E-state index in [1.165, 1.54) is 12.8 Å². The van der Waals surface area contributed by atoms with Crippen molar-refractivity contribution in [3.05, 3.63) is 28.8 Å². The molecule has 1 N–H and O–H groups in total. The number of nitrogens with one attached hydrogen (secondary N) is 1. The van der Waals surface area contributed by atoms with Gasteiger partial charge in [-0.15, -0.1) is 0 Å². The molecule has 0 radical (unpaired) electrons. The van der Waals surface area contributed by atoms with E-state index in [1.807, 2.05) is 26.0 Å². The van der Waals surface area contributed by atoms with Crippen molar-refractivity contribution >= 4 is 23.2 Å². The highest BCUT2D eigenvalue weighted by Gasteiger charge is 2.32. The molecule has 0 saturated heterocycles. The first kappa shape index (κ1) is 11.5. The van der Waals surface area contributed by atoms with Crippen LogP contribution in [0.25, 0.3) is 0 Å². The summed E-state index contributed by atoms with van der Waals surface area (Å²) in [5.41, 5.74) is 1.81. The van der Waals surface area contributed by atoms with Crippen LogP contribution in [-0.2, 0) is 4.79 Å². The Morgan fingerprint density at radius 1 is 1.50 bits per heavy atom. The average Bonchev–Trinajstić information content (AvgIpc) is 3.06. The first-order valence-corrected chi connectivity index (χ1v) is 6.02. The number of amides is 1. The standard InChI is InChI=1S/C13H16ClNO/c1-8-3-6-11(7-12(8)14)15-13(16)9(2)10-4-5-10/h3,6-7,9-10H,4-5H2,1-2H3,(H,15,16). The van der Waals surface area contributed by atoms with E-state index in [9.17, 15) is 4.79 Å². The van der Waals surface area contributed by atoms with Crippen LogP contribution < -0.4 is 5.32 Å². The summed E-state index contributed by atoms with van der Waals surface area (Å²) < 4.78 is 0. The number of carbonyl (C=O) groups excluding carboxylic acids is 1. The minimum atomic E-state index is 0.0995. The molecule has 86 valence electrons. The van der Waals surface area contributed by atoms with Crippen molar-refractivity contribution in [2.45, 2.75) is 26.7 Å². The molecule has 0 heterocycles. The first-order valence-electron chi connectivity index (χ1n) is 5.65. The third kappa shape index (κ3) is 2.56. The summed E-state index contributed by atoms with van der Waals surface area (Å²) in [5.74, 6) is 0.795. The van der Waals surface area contributed by atoms with E-state index in [0.29, 0.717) is 10.9 Å². The van der Waals surface area contributed by atoms with Gasteiger partial charge in [-0.2, -0.15) is 0 Å². The Kier molecular flexibility index (Phi) is 3.20. The summed E-state index contributed by atoms with van der Waals surface area (Å²) in [7, 11) is 0. The fraction of sp³-hybridized carbons (Fsp3) is 0.462. The highest BCUT2D eigenvalue weighted by molar-refractivity contribution is 6.31. The van der Waals surface area contributed by atoms with Gasteiger partial charge in [-0.25, -0.2) is 0 Å². The normalized spacial score (nSPS) is 16.9. The molecule has 1 aliphatic rings. The third-order valence-electron chi connectivity index (χ3n) is 3.18. The predicted octanol–water partition coefficient (Wildman–Crippen LogP) is 3.63. The van der Waals surface area contributed by atoms with Crippen LogP contribution >= 0.6 is 11.6 Å². The van der Waals surface area contributed by atoms with E-state index < -0.39 is 0 Å². The molecule has 0 bridgehead atoms. The predicted molar refractivity (Wildman–Crippen MR) is 66.7 cm³/mol. The zero-order valence-electron chi connectivity index (χ0n) is 9.59. The molecule has 3 heteroatoms. The van der Waals surface area contributed by atoms with Crippen molar-refractivity contribution in [1.29, 1.82) is 0 Å². The number of halogens is 1. The summed E-state index contributed by atoms with van der Waals surface area (Å²) >= 11 is 6.00. The van der Waals surface area contributed by atoms with Gasteiger partial charge in [0, 0.05) is 16.6 Å². The molecule has 1 fully saturated rings. The van der Waals surface area contributed by atoms with Crippen LogP contribution in [-0.4, -0.2) is 5.91 Å². The number of carbonyl (C=O) groups is 1. The zero-order chi connectivity index (χ0) is 11.7. The maximum atomic E-state index is 11.8. The molecule has 0 aliphatic heterocycles. The Hall–Kier alpha value is -1.02. The summed E-state index contributed by atoms with van der Waals surface area (Å²) in [6.07, 6.45) is 2.37. The molecule has 1 unspecified atom stereocenters. The maximum Gasteiger partial charge on any atom is 0.227 e. The molecule has 1 amide bonds. The first-order chi connectivity index (χ1) is 7.58. The van der Waals surface area contributed by atoms with Gasteiger partial charge in [0.2, 0.25) is 5.91 Å². The second kappa shape index (κ2) is 4.46. The summed E-state index contributed by atoms with van der Waals surface area (Å²) in [5, 5.41) is 3.60. The van der Waals surface area contributed by atoms with Crippen LogP contribution in [0.15, 0.2) is 18.2 Å². The third-order valence-corrected chi connectivity index (χ3v) is 3.59. The van der Waals surface area contributed by atoms with Gasteiger partial charge in [-0.1, -0.05) is 24.6 Å². The number of anilines is 1. The van der Waals surface area contributed by atoms with E-state index in [-0.39, 0.29) is 11.8 Å². The van der Waals surface area contributed by atoms with Gasteiger partial charge < -0.3 is 5.32 Å². The van der Waals surface area contributed by atoms with Crippen LogP contribution in [0.4, 0.5) is 5.69 Å². The van der Waals surface area contributed by atoms with Crippen molar-refractivity contribution < 1.29 is 4.79 Å². The number of hydrogen-bond donors (Lipinski definition) is 1. The lowest BCUT2D eigenvalue weighted by atomic mass is 10.1. The van der Waals surface area contributed by atoms with Gasteiger partial charge in [0.1, 0.15) is 0 Å². The molecular weight excluding hydrogens is 222 g/mol. The fourth-order valence-corrected chi connectivity index (χ4v) is 1.92. The van der Waals surface area contributed by atoms with Crippen LogP contribution in [0, 0.1) is 18.8 Å². The Morgan fingerprint density at radius 3 is 2.75 bits per heavy atom. The zero-order valence-corrected chi connectivity index (χ0v) is 10.3. The molecule has 1 atom stereocenters. The topological polar surface area (TPSA) is 29.1 Å². The van der Waals surface area contributed by atoms with E-state index in [2.05, 4.69) is 5.32 Å². The molecule has 16 heavy (non-hydrogen) atoms. The van der Waals surface area contributed by atoms with E-state index in [0.717, 1.165) is 11.3 Å². The van der Waals surface area contributed by atoms with E-state index >= 15 is 0 Å². The SMILES string of the molecule is Cc1ccc(NC(=O)C(C)C2CC2)cc1Cl. The van der Waals surface area contributed by atoms with Gasteiger partial charge in [0.15, 0.2) is 0 Å². The maximum absolute atomic E-state index is 11.8. The van der Waals surface area contributed by atoms with Crippen molar-refractivity contribution in [3.8, 4) is 0 Å². The van der Waals surface area contributed by atoms with Crippen LogP contribution in [0.3, 0.4) is 0 Å². The Labute approximate surface area is 101 Å². The quantitative estimate of drug-likeness (QED) is 0.855. The highest BCUT2D eigenvalue weighted by atomic mass is 35.5. The Bertz CT molecular complexity index is 412. The van der Waals surface area contributed by atoms with Crippen molar-refractivity contribution in [2.75, 3.05) is 5.32 Å². The lowest BCUT2D eigenvalue weighted by molar-refractivity contribution is -0.119. The van der Waals surface area contributed by atoms with Gasteiger partial charge in [-0.3, -0.25) is 4.79 Å². The van der Waals surface area contributed by atoms with E-state index in [1.54, 1.807) is 6.07 Å². The largest absolute Gasteiger partial charge is 0.326 e. The number of hydrogen-bond acceptors (Lipinski definition) is 1. The molecule has 2 rings (SSSR count). The second-order valence-corrected chi connectivity index (χ2v) is 4.99. The monoisotopic (exact) mass is 237 g/mol. The number of rotatable bonds is 3. The molecular formula is C13H16ClNO. The van der Waals surface area contributed by atoms with Crippen LogP contribution in [0.2, 0.25) is 5.02 Å². The van der Waals surface area contributed by atoms with Crippen molar-refractivity contribution in [3.63, 3.8) is 0 Å². The molecule has 1 aromatic carbocycles. The van der Waals surface area contributed by atoms with Gasteiger partial charge >= 0.3 is 0 Å². The smallest absolute Gasteiger partial charge is 0.227 e. The van der Waals surface area contributed by atoms with Crippen LogP contribution in [0.5, 0.6) is 0 Å². The second-order valence-electron chi connectivity index (χ2n) is 4.58. The molecule has 1 aliphatic carbocycles. The molecule has 1 saturated carbocycles. The molecule has 2 nitrogen and oxygen atoms in total.